The zero-order chi connectivity index (χ0) is 24.7. The Hall–Kier alpha value is -3.35. The minimum atomic E-state index is -0.666. The van der Waals surface area contributed by atoms with E-state index in [9.17, 15) is 14.4 Å². The second-order valence-corrected chi connectivity index (χ2v) is 8.99. The Kier molecular flexibility index (Phi) is 8.68. The van der Waals surface area contributed by atoms with Crippen LogP contribution in [0.2, 0.25) is 0 Å². The average Bonchev–Trinajstić information content (AvgIpc) is 2.87. The van der Waals surface area contributed by atoms with Gasteiger partial charge in [0, 0.05) is 30.3 Å². The van der Waals surface area contributed by atoms with Crippen molar-refractivity contribution in [2.24, 2.45) is 5.92 Å². The lowest BCUT2D eigenvalue weighted by atomic mass is 9.88. The van der Waals surface area contributed by atoms with Crippen molar-refractivity contribution in [3.63, 3.8) is 0 Å². The van der Waals surface area contributed by atoms with Gasteiger partial charge in [-0.1, -0.05) is 24.6 Å². The fraction of sp³-hybridized carbons (Fsp3) is 0.444. The number of ether oxygens (including phenoxy) is 1. The first-order valence-corrected chi connectivity index (χ1v) is 11.9. The molecular formula is C27H35N3O4. The first-order chi connectivity index (χ1) is 16.3. The highest BCUT2D eigenvalue weighted by atomic mass is 16.5. The van der Waals surface area contributed by atoms with Crippen LogP contribution in [-0.2, 0) is 4.79 Å². The lowest BCUT2D eigenvalue weighted by Gasteiger charge is -2.36. The van der Waals surface area contributed by atoms with Gasteiger partial charge in [0.25, 0.3) is 11.8 Å². The number of nitrogens with one attached hydrogen (secondary N) is 2. The molecule has 0 aliphatic carbocycles. The molecule has 1 aliphatic rings. The van der Waals surface area contributed by atoms with Crippen LogP contribution in [0.5, 0.6) is 5.75 Å². The molecule has 2 N–H and O–H groups in total. The lowest BCUT2D eigenvalue weighted by Crippen LogP contribution is -2.55. The van der Waals surface area contributed by atoms with Crippen LogP contribution in [-0.4, -0.2) is 54.9 Å². The van der Waals surface area contributed by atoms with Gasteiger partial charge in [-0.3, -0.25) is 14.4 Å². The third-order valence-corrected chi connectivity index (χ3v) is 6.52. The predicted molar refractivity (Wildman–Crippen MR) is 132 cm³/mol. The molecule has 2 atom stereocenters. The fourth-order valence-corrected chi connectivity index (χ4v) is 4.11. The molecule has 182 valence electrons. The van der Waals surface area contributed by atoms with Gasteiger partial charge in [0.05, 0.1) is 7.11 Å². The molecular weight excluding hydrogens is 430 g/mol. The van der Waals surface area contributed by atoms with Crippen LogP contribution in [0.25, 0.3) is 0 Å². The van der Waals surface area contributed by atoms with Gasteiger partial charge >= 0.3 is 0 Å². The van der Waals surface area contributed by atoms with Gasteiger partial charge in [-0.2, -0.15) is 0 Å². The van der Waals surface area contributed by atoms with E-state index in [1.54, 1.807) is 31.4 Å². The molecule has 1 aliphatic heterocycles. The summed E-state index contributed by atoms with van der Waals surface area (Å²) >= 11 is 0. The summed E-state index contributed by atoms with van der Waals surface area (Å²) in [6.45, 7) is 7.03. The number of aryl methyl sites for hydroxylation is 1. The maximum atomic E-state index is 13.1. The molecule has 34 heavy (non-hydrogen) atoms. The van der Waals surface area contributed by atoms with Crippen molar-refractivity contribution in [1.29, 1.82) is 0 Å². The van der Waals surface area contributed by atoms with Gasteiger partial charge in [0.1, 0.15) is 11.8 Å². The number of benzene rings is 2. The van der Waals surface area contributed by atoms with Crippen LogP contribution in [0.1, 0.15) is 59.4 Å². The molecule has 3 amide bonds. The zero-order valence-corrected chi connectivity index (χ0v) is 20.5. The van der Waals surface area contributed by atoms with E-state index in [2.05, 4.69) is 10.6 Å². The van der Waals surface area contributed by atoms with Crippen molar-refractivity contribution >= 4 is 17.7 Å². The monoisotopic (exact) mass is 465 g/mol. The van der Waals surface area contributed by atoms with E-state index >= 15 is 0 Å². The quantitative estimate of drug-likeness (QED) is 0.624. The Balaban J connectivity index is 1.69. The van der Waals surface area contributed by atoms with Crippen molar-refractivity contribution in [1.82, 2.24) is 15.5 Å². The Morgan fingerprint density at radius 1 is 0.971 bits per heavy atom. The largest absolute Gasteiger partial charge is 0.497 e. The number of carbonyl (C=O) groups is 3. The zero-order valence-electron chi connectivity index (χ0n) is 20.5. The van der Waals surface area contributed by atoms with Crippen molar-refractivity contribution in [2.75, 3.05) is 20.2 Å². The molecule has 7 heteroatoms. The van der Waals surface area contributed by atoms with E-state index in [1.807, 2.05) is 49.9 Å². The molecule has 0 saturated carbocycles. The Morgan fingerprint density at radius 2 is 1.56 bits per heavy atom. The van der Waals surface area contributed by atoms with Crippen LogP contribution in [0.3, 0.4) is 0 Å². The summed E-state index contributed by atoms with van der Waals surface area (Å²) in [6.07, 6.45) is 2.08. The van der Waals surface area contributed by atoms with Crippen LogP contribution in [0, 0.1) is 12.8 Å². The number of piperidine rings is 1. The molecule has 1 saturated heterocycles. The van der Waals surface area contributed by atoms with E-state index in [0.717, 1.165) is 12.0 Å². The number of hydrogen-bond donors (Lipinski definition) is 2. The Morgan fingerprint density at radius 3 is 2.12 bits per heavy atom. The highest BCUT2D eigenvalue weighted by Crippen LogP contribution is 2.23. The highest BCUT2D eigenvalue weighted by Gasteiger charge is 2.34. The Labute approximate surface area is 201 Å². The summed E-state index contributed by atoms with van der Waals surface area (Å²) < 4.78 is 5.16. The fourth-order valence-electron chi connectivity index (χ4n) is 4.11. The maximum Gasteiger partial charge on any atom is 0.253 e. The summed E-state index contributed by atoms with van der Waals surface area (Å²) in [5, 5.41) is 5.97. The molecule has 3 rings (SSSR count). The summed E-state index contributed by atoms with van der Waals surface area (Å²) in [5.74, 6) is 0.118. The van der Waals surface area contributed by atoms with E-state index in [-0.39, 0.29) is 29.7 Å². The normalized spacial score (nSPS) is 15.8. The van der Waals surface area contributed by atoms with Crippen LogP contribution >= 0.6 is 0 Å². The second-order valence-electron chi connectivity index (χ2n) is 8.99. The second kappa shape index (κ2) is 11.7. The number of rotatable bonds is 8. The number of carbonyl (C=O) groups excluding carboxylic acids is 3. The van der Waals surface area contributed by atoms with Gasteiger partial charge in [-0.25, -0.2) is 0 Å². The number of amides is 3. The number of likely N-dealkylation sites (tertiary alicyclic amines) is 1. The van der Waals surface area contributed by atoms with Gasteiger partial charge in [-0.05, 0) is 75.4 Å². The molecule has 1 heterocycles. The van der Waals surface area contributed by atoms with E-state index < -0.39 is 6.04 Å². The summed E-state index contributed by atoms with van der Waals surface area (Å²) in [7, 11) is 1.57. The van der Waals surface area contributed by atoms with Crippen molar-refractivity contribution in [3.8, 4) is 5.75 Å². The van der Waals surface area contributed by atoms with Gasteiger partial charge in [-0.15, -0.1) is 0 Å². The number of methoxy groups -OCH3 is 1. The van der Waals surface area contributed by atoms with Gasteiger partial charge in [0.15, 0.2) is 0 Å². The summed E-state index contributed by atoms with van der Waals surface area (Å²) in [4.78, 5) is 40.8. The smallest absolute Gasteiger partial charge is 0.253 e. The minimum absolute atomic E-state index is 0.00123. The maximum absolute atomic E-state index is 13.1. The molecule has 0 aromatic heterocycles. The van der Waals surface area contributed by atoms with Gasteiger partial charge < -0.3 is 20.3 Å². The summed E-state index contributed by atoms with van der Waals surface area (Å²) in [6, 6.07) is 13.7. The first-order valence-electron chi connectivity index (χ1n) is 11.9. The van der Waals surface area contributed by atoms with E-state index in [1.165, 1.54) is 0 Å². The molecule has 0 bridgehead atoms. The van der Waals surface area contributed by atoms with Crippen LogP contribution in [0.4, 0.5) is 0 Å². The lowest BCUT2D eigenvalue weighted by molar-refractivity contribution is -0.125. The number of nitrogens with zero attached hydrogens (tertiary/aromatic N) is 1. The molecule has 1 fully saturated rings. The van der Waals surface area contributed by atoms with Crippen LogP contribution in [0.15, 0.2) is 48.5 Å². The molecule has 0 spiro atoms. The van der Waals surface area contributed by atoms with Crippen LogP contribution < -0.4 is 15.4 Å². The van der Waals surface area contributed by atoms with Crippen molar-refractivity contribution < 1.29 is 19.1 Å². The first kappa shape index (κ1) is 25.3. The van der Waals surface area contributed by atoms with E-state index in [0.29, 0.717) is 42.8 Å². The third-order valence-electron chi connectivity index (χ3n) is 6.52. The molecule has 2 unspecified atom stereocenters. The molecule has 2 aromatic carbocycles. The van der Waals surface area contributed by atoms with E-state index in [4.69, 9.17) is 4.74 Å². The highest BCUT2D eigenvalue weighted by molar-refractivity contribution is 5.98. The SMILES string of the molecule is CCC(C)NC(=O)C(NC(=O)c1ccc(OC)cc1)C1CCN(C(=O)c2ccc(C)cc2)CC1. The standard InChI is InChI=1S/C27H35N3O4/c1-5-19(3)28-26(32)24(29-25(31)21-10-12-23(34-4)13-11-21)20-14-16-30(17-15-20)27(33)22-8-6-18(2)7-9-22/h6-13,19-20,24H,5,14-17H2,1-4H3,(H,28,32)(H,29,31). The predicted octanol–water partition coefficient (Wildman–Crippen LogP) is 3.57. The topological polar surface area (TPSA) is 87.7 Å². The molecule has 0 radical (unpaired) electrons. The van der Waals surface area contributed by atoms with Crippen molar-refractivity contribution in [2.45, 2.75) is 52.1 Å². The number of hydrogen-bond acceptors (Lipinski definition) is 4. The molecule has 2 aromatic rings. The Bertz CT molecular complexity index is 980. The van der Waals surface area contributed by atoms with Gasteiger partial charge in [0.2, 0.25) is 5.91 Å². The molecule has 7 nitrogen and oxygen atoms in total. The average molecular weight is 466 g/mol. The van der Waals surface area contributed by atoms with Crippen molar-refractivity contribution in [3.05, 3.63) is 65.2 Å². The summed E-state index contributed by atoms with van der Waals surface area (Å²) in [5.41, 5.74) is 2.25. The minimum Gasteiger partial charge on any atom is -0.497 e. The third kappa shape index (κ3) is 6.37.